The maximum Gasteiger partial charge on any atom is 0.0991 e. The molecule has 2 rings (SSSR count). The molecule has 1 saturated heterocycles. The fourth-order valence-electron chi connectivity index (χ4n) is 2.76. The minimum absolute atomic E-state index is 0.253. The lowest BCUT2D eigenvalue weighted by molar-refractivity contribution is 0.111. The van der Waals surface area contributed by atoms with E-state index < -0.39 is 0 Å². The number of hydrogen-bond donors (Lipinski definition) is 2. The number of nitrogens with zero attached hydrogens (tertiary/aromatic N) is 2. The van der Waals surface area contributed by atoms with Crippen molar-refractivity contribution in [1.82, 2.24) is 10.2 Å². The molecule has 22 heavy (non-hydrogen) atoms. The SMILES string of the molecule is CC(C)C(O)CNC1CCN(Cc2ccc(C#N)cc2)CC1. The Morgan fingerprint density at radius 1 is 1.27 bits per heavy atom. The van der Waals surface area contributed by atoms with E-state index in [1.165, 1.54) is 5.56 Å². The molecule has 2 N–H and O–H groups in total. The van der Waals surface area contributed by atoms with E-state index in [0.29, 0.717) is 18.5 Å². The molecule has 0 aliphatic carbocycles. The van der Waals surface area contributed by atoms with Crippen molar-refractivity contribution in [1.29, 1.82) is 5.26 Å². The van der Waals surface area contributed by atoms with Gasteiger partial charge in [0, 0.05) is 19.1 Å². The first kappa shape index (κ1) is 17.0. The molecule has 1 aromatic carbocycles. The van der Waals surface area contributed by atoms with E-state index in [9.17, 15) is 5.11 Å². The highest BCUT2D eigenvalue weighted by molar-refractivity contribution is 5.31. The van der Waals surface area contributed by atoms with Crippen LogP contribution in [-0.4, -0.2) is 41.8 Å². The van der Waals surface area contributed by atoms with Crippen LogP contribution in [0.4, 0.5) is 0 Å². The third-order valence-corrected chi connectivity index (χ3v) is 4.46. The van der Waals surface area contributed by atoms with E-state index in [0.717, 1.165) is 38.0 Å². The van der Waals surface area contributed by atoms with Crippen LogP contribution >= 0.6 is 0 Å². The minimum Gasteiger partial charge on any atom is -0.392 e. The Bertz CT molecular complexity index is 484. The summed E-state index contributed by atoms with van der Waals surface area (Å²) in [5.41, 5.74) is 1.98. The summed E-state index contributed by atoms with van der Waals surface area (Å²) in [6, 6.07) is 10.5. The van der Waals surface area contributed by atoms with Crippen LogP contribution in [0.1, 0.15) is 37.8 Å². The van der Waals surface area contributed by atoms with E-state index in [4.69, 9.17) is 5.26 Å². The van der Waals surface area contributed by atoms with Gasteiger partial charge in [0.2, 0.25) is 0 Å². The topological polar surface area (TPSA) is 59.3 Å². The zero-order valence-electron chi connectivity index (χ0n) is 13.6. The van der Waals surface area contributed by atoms with Gasteiger partial charge in [-0.1, -0.05) is 26.0 Å². The lowest BCUT2D eigenvalue weighted by Gasteiger charge is -2.33. The Labute approximate surface area is 133 Å². The number of nitriles is 1. The van der Waals surface area contributed by atoms with Crippen molar-refractivity contribution in [3.63, 3.8) is 0 Å². The van der Waals surface area contributed by atoms with Gasteiger partial charge >= 0.3 is 0 Å². The second kappa shape index (κ2) is 8.28. The average Bonchev–Trinajstić information content (AvgIpc) is 2.54. The predicted octanol–water partition coefficient (Wildman–Crippen LogP) is 2.13. The lowest BCUT2D eigenvalue weighted by atomic mass is 10.0. The van der Waals surface area contributed by atoms with Gasteiger partial charge in [-0.15, -0.1) is 0 Å². The molecular weight excluding hydrogens is 274 g/mol. The first-order valence-electron chi connectivity index (χ1n) is 8.21. The van der Waals surface area contributed by atoms with Crippen molar-refractivity contribution in [2.24, 2.45) is 5.92 Å². The molecule has 1 heterocycles. The van der Waals surface area contributed by atoms with Crippen LogP contribution in [-0.2, 0) is 6.54 Å². The minimum atomic E-state index is -0.253. The zero-order valence-corrected chi connectivity index (χ0v) is 13.6. The summed E-state index contributed by atoms with van der Waals surface area (Å²) in [5, 5.41) is 22.2. The van der Waals surface area contributed by atoms with Gasteiger partial charge in [-0.25, -0.2) is 0 Å². The van der Waals surface area contributed by atoms with Crippen LogP contribution in [0, 0.1) is 17.2 Å². The van der Waals surface area contributed by atoms with E-state index in [-0.39, 0.29) is 6.10 Å². The highest BCUT2D eigenvalue weighted by Crippen LogP contribution is 2.14. The second-order valence-electron chi connectivity index (χ2n) is 6.58. The zero-order chi connectivity index (χ0) is 15.9. The Morgan fingerprint density at radius 3 is 2.45 bits per heavy atom. The van der Waals surface area contributed by atoms with Gasteiger partial charge in [0.1, 0.15) is 0 Å². The smallest absolute Gasteiger partial charge is 0.0991 e. The lowest BCUT2D eigenvalue weighted by Crippen LogP contribution is -2.45. The van der Waals surface area contributed by atoms with Gasteiger partial charge in [-0.2, -0.15) is 5.26 Å². The van der Waals surface area contributed by atoms with Crippen LogP contribution in [0.2, 0.25) is 0 Å². The first-order valence-corrected chi connectivity index (χ1v) is 8.21. The Hall–Kier alpha value is -1.41. The molecule has 1 unspecified atom stereocenters. The van der Waals surface area contributed by atoms with Crippen LogP contribution in [0.25, 0.3) is 0 Å². The van der Waals surface area contributed by atoms with E-state index in [2.05, 4.69) is 16.3 Å². The maximum absolute atomic E-state index is 9.85. The molecule has 0 bridgehead atoms. The van der Waals surface area contributed by atoms with Crippen molar-refractivity contribution in [2.45, 2.75) is 45.4 Å². The molecule has 1 aromatic rings. The molecule has 0 radical (unpaired) electrons. The standard InChI is InChI=1S/C18H27N3O/c1-14(2)18(22)12-20-17-7-9-21(10-8-17)13-16-5-3-15(11-19)4-6-16/h3-6,14,17-18,20,22H,7-10,12-13H2,1-2H3. The Balaban J connectivity index is 1.71. The molecule has 0 amide bonds. The van der Waals surface area contributed by atoms with Gasteiger partial charge in [0.05, 0.1) is 17.7 Å². The summed E-state index contributed by atoms with van der Waals surface area (Å²) in [6.07, 6.45) is 2.00. The maximum atomic E-state index is 9.85. The number of benzene rings is 1. The first-order chi connectivity index (χ1) is 10.6. The van der Waals surface area contributed by atoms with Crippen molar-refractivity contribution in [3.05, 3.63) is 35.4 Å². The molecule has 1 aliphatic heterocycles. The Kier molecular flexibility index (Phi) is 6.38. The summed E-state index contributed by atoms with van der Waals surface area (Å²) >= 11 is 0. The normalized spacial score (nSPS) is 18.3. The molecular formula is C18H27N3O. The van der Waals surface area contributed by atoms with Gasteiger partial charge in [-0.05, 0) is 49.5 Å². The molecule has 0 saturated carbocycles. The summed E-state index contributed by atoms with van der Waals surface area (Å²) in [4.78, 5) is 2.46. The van der Waals surface area contributed by atoms with E-state index >= 15 is 0 Å². The molecule has 4 heteroatoms. The summed E-state index contributed by atoms with van der Waals surface area (Å²) in [5.74, 6) is 0.309. The second-order valence-corrected chi connectivity index (χ2v) is 6.58. The number of aliphatic hydroxyl groups is 1. The van der Waals surface area contributed by atoms with Crippen molar-refractivity contribution in [2.75, 3.05) is 19.6 Å². The predicted molar refractivity (Wildman–Crippen MR) is 88.3 cm³/mol. The number of piperidine rings is 1. The van der Waals surface area contributed by atoms with Gasteiger partial charge in [0.25, 0.3) is 0 Å². The molecule has 120 valence electrons. The van der Waals surface area contributed by atoms with E-state index in [1.54, 1.807) is 0 Å². The van der Waals surface area contributed by atoms with E-state index in [1.807, 2.05) is 38.1 Å². The fraction of sp³-hybridized carbons (Fsp3) is 0.611. The highest BCUT2D eigenvalue weighted by atomic mass is 16.3. The highest BCUT2D eigenvalue weighted by Gasteiger charge is 2.20. The number of rotatable bonds is 6. The molecule has 0 aromatic heterocycles. The third-order valence-electron chi connectivity index (χ3n) is 4.46. The molecule has 4 nitrogen and oxygen atoms in total. The van der Waals surface area contributed by atoms with Crippen molar-refractivity contribution >= 4 is 0 Å². The average molecular weight is 301 g/mol. The van der Waals surface area contributed by atoms with Gasteiger partial charge in [0.15, 0.2) is 0 Å². The summed E-state index contributed by atoms with van der Waals surface area (Å²) < 4.78 is 0. The van der Waals surface area contributed by atoms with Gasteiger partial charge in [-0.3, -0.25) is 4.90 Å². The molecule has 1 atom stereocenters. The number of aliphatic hydroxyl groups excluding tert-OH is 1. The quantitative estimate of drug-likeness (QED) is 0.845. The third kappa shape index (κ3) is 5.10. The number of nitrogens with one attached hydrogen (secondary N) is 1. The van der Waals surface area contributed by atoms with Crippen LogP contribution < -0.4 is 5.32 Å². The van der Waals surface area contributed by atoms with Crippen molar-refractivity contribution < 1.29 is 5.11 Å². The number of likely N-dealkylation sites (tertiary alicyclic amines) is 1. The van der Waals surface area contributed by atoms with Crippen LogP contribution in [0.3, 0.4) is 0 Å². The van der Waals surface area contributed by atoms with Crippen LogP contribution in [0.5, 0.6) is 0 Å². The van der Waals surface area contributed by atoms with Crippen LogP contribution in [0.15, 0.2) is 24.3 Å². The van der Waals surface area contributed by atoms with Crippen molar-refractivity contribution in [3.8, 4) is 6.07 Å². The molecule has 1 fully saturated rings. The largest absolute Gasteiger partial charge is 0.392 e. The van der Waals surface area contributed by atoms with Gasteiger partial charge < -0.3 is 10.4 Å². The summed E-state index contributed by atoms with van der Waals surface area (Å²) in [7, 11) is 0. The number of hydrogen-bond acceptors (Lipinski definition) is 4. The fourth-order valence-corrected chi connectivity index (χ4v) is 2.76. The monoisotopic (exact) mass is 301 g/mol. The summed E-state index contributed by atoms with van der Waals surface area (Å²) in [6.45, 7) is 7.90. The molecule has 1 aliphatic rings. The Morgan fingerprint density at radius 2 is 1.91 bits per heavy atom. The molecule has 0 spiro atoms.